The van der Waals surface area contributed by atoms with E-state index in [1.807, 2.05) is 6.08 Å². The van der Waals surface area contributed by atoms with E-state index in [0.717, 1.165) is 6.42 Å². The lowest BCUT2D eigenvalue weighted by Crippen LogP contribution is -2.37. The van der Waals surface area contributed by atoms with E-state index in [0.29, 0.717) is 5.92 Å². The van der Waals surface area contributed by atoms with Gasteiger partial charge in [-0.15, -0.1) is 6.58 Å². The molecule has 2 nitrogen and oxygen atoms in total. The first-order valence-electron chi connectivity index (χ1n) is 3.34. The van der Waals surface area contributed by atoms with Crippen molar-refractivity contribution in [3.05, 3.63) is 12.7 Å². The molecule has 0 amide bonds. The highest BCUT2D eigenvalue weighted by Crippen LogP contribution is 2.06. The van der Waals surface area contributed by atoms with Crippen molar-refractivity contribution in [2.45, 2.75) is 26.3 Å². The molecular weight excluding hydrogens is 112 g/mol. The minimum atomic E-state index is 0.259. The van der Waals surface area contributed by atoms with Crippen molar-refractivity contribution in [1.29, 1.82) is 0 Å². The average Bonchev–Trinajstić information content (AvgIpc) is 1.90. The maximum Gasteiger partial charge on any atom is 0.0413 e. The van der Waals surface area contributed by atoms with Crippen molar-refractivity contribution in [1.82, 2.24) is 5.43 Å². The van der Waals surface area contributed by atoms with E-state index in [1.54, 1.807) is 0 Å². The molecule has 0 aromatic heterocycles. The first-order valence-corrected chi connectivity index (χ1v) is 3.34. The molecule has 2 atom stereocenters. The first-order chi connectivity index (χ1) is 4.26. The Balaban J connectivity index is 3.63. The molecule has 3 N–H and O–H groups in total. The number of nitrogens with one attached hydrogen (secondary N) is 1. The van der Waals surface area contributed by atoms with Gasteiger partial charge in [0.2, 0.25) is 0 Å². The zero-order chi connectivity index (χ0) is 7.28. The number of rotatable bonds is 4. The van der Waals surface area contributed by atoms with Gasteiger partial charge in [-0.3, -0.25) is 11.3 Å². The van der Waals surface area contributed by atoms with Gasteiger partial charge in [-0.2, -0.15) is 0 Å². The molecule has 0 bridgehead atoms. The monoisotopic (exact) mass is 128 g/mol. The quantitative estimate of drug-likeness (QED) is 0.337. The van der Waals surface area contributed by atoms with Crippen LogP contribution in [0.15, 0.2) is 12.7 Å². The van der Waals surface area contributed by atoms with Crippen LogP contribution in [0, 0.1) is 5.92 Å². The zero-order valence-electron chi connectivity index (χ0n) is 6.22. The minimum absolute atomic E-state index is 0.259. The molecule has 0 saturated heterocycles. The summed E-state index contributed by atoms with van der Waals surface area (Å²) < 4.78 is 0. The third kappa shape index (κ3) is 2.63. The summed E-state index contributed by atoms with van der Waals surface area (Å²) in [5.41, 5.74) is 2.68. The molecule has 0 spiro atoms. The summed E-state index contributed by atoms with van der Waals surface area (Å²) in [6.07, 6.45) is 2.97. The van der Waals surface area contributed by atoms with Crippen molar-refractivity contribution in [3.63, 3.8) is 0 Å². The van der Waals surface area contributed by atoms with Crippen LogP contribution in [0.25, 0.3) is 0 Å². The molecule has 0 saturated carbocycles. The van der Waals surface area contributed by atoms with Gasteiger partial charge in [0.1, 0.15) is 0 Å². The predicted molar refractivity (Wildman–Crippen MR) is 40.8 cm³/mol. The van der Waals surface area contributed by atoms with Gasteiger partial charge in [0.25, 0.3) is 0 Å². The van der Waals surface area contributed by atoms with E-state index in [1.165, 1.54) is 0 Å². The van der Waals surface area contributed by atoms with E-state index in [2.05, 4.69) is 25.9 Å². The molecule has 9 heavy (non-hydrogen) atoms. The van der Waals surface area contributed by atoms with Crippen molar-refractivity contribution >= 4 is 0 Å². The summed E-state index contributed by atoms with van der Waals surface area (Å²) in [6.45, 7) is 7.94. The van der Waals surface area contributed by atoms with Crippen LogP contribution in [0.1, 0.15) is 20.3 Å². The van der Waals surface area contributed by atoms with Crippen molar-refractivity contribution in [2.75, 3.05) is 0 Å². The Bertz CT molecular complexity index is 81.0. The Hall–Kier alpha value is -0.340. The molecule has 0 rings (SSSR count). The van der Waals surface area contributed by atoms with Crippen LogP contribution in [0.5, 0.6) is 0 Å². The van der Waals surface area contributed by atoms with Gasteiger partial charge in [-0.05, 0) is 5.92 Å². The Morgan fingerprint density at radius 2 is 2.33 bits per heavy atom. The van der Waals surface area contributed by atoms with Crippen LogP contribution >= 0.6 is 0 Å². The fraction of sp³-hybridized carbons (Fsp3) is 0.714. The summed E-state index contributed by atoms with van der Waals surface area (Å²) in [4.78, 5) is 0. The van der Waals surface area contributed by atoms with E-state index in [-0.39, 0.29) is 6.04 Å². The summed E-state index contributed by atoms with van der Waals surface area (Å²) in [7, 11) is 0. The van der Waals surface area contributed by atoms with Crippen molar-refractivity contribution < 1.29 is 0 Å². The van der Waals surface area contributed by atoms with E-state index >= 15 is 0 Å². The minimum Gasteiger partial charge on any atom is -0.271 e. The van der Waals surface area contributed by atoms with Gasteiger partial charge in [-0.25, -0.2) is 0 Å². The van der Waals surface area contributed by atoms with Crippen LogP contribution in [0.4, 0.5) is 0 Å². The number of hydrazine groups is 1. The van der Waals surface area contributed by atoms with E-state index in [4.69, 9.17) is 5.84 Å². The van der Waals surface area contributed by atoms with Crippen LogP contribution in [0.3, 0.4) is 0 Å². The standard InChI is InChI=1S/C7H16N2/c1-4-6(3)7(5-2)9-8/h5-7,9H,2,4,8H2,1,3H3. The second-order valence-corrected chi connectivity index (χ2v) is 2.31. The third-order valence-electron chi connectivity index (χ3n) is 1.70. The number of nitrogens with two attached hydrogens (primary N) is 1. The summed E-state index contributed by atoms with van der Waals surface area (Å²) in [5, 5.41) is 0. The maximum atomic E-state index is 5.24. The highest BCUT2D eigenvalue weighted by Gasteiger charge is 2.07. The second-order valence-electron chi connectivity index (χ2n) is 2.31. The second kappa shape index (κ2) is 4.53. The van der Waals surface area contributed by atoms with E-state index in [9.17, 15) is 0 Å². The van der Waals surface area contributed by atoms with Gasteiger partial charge in [-0.1, -0.05) is 26.3 Å². The molecule has 0 heterocycles. The van der Waals surface area contributed by atoms with Crippen LogP contribution < -0.4 is 11.3 Å². The fourth-order valence-corrected chi connectivity index (χ4v) is 0.719. The molecule has 0 aromatic carbocycles. The Morgan fingerprint density at radius 3 is 2.44 bits per heavy atom. The Labute approximate surface area is 57.1 Å². The molecule has 0 aliphatic carbocycles. The Kier molecular flexibility index (Phi) is 4.36. The molecule has 2 unspecified atom stereocenters. The van der Waals surface area contributed by atoms with Gasteiger partial charge in [0.05, 0.1) is 0 Å². The lowest BCUT2D eigenvalue weighted by molar-refractivity contribution is 0.432. The summed E-state index contributed by atoms with van der Waals surface area (Å²) in [6, 6.07) is 0.259. The molecule has 0 aliphatic rings. The molecule has 0 radical (unpaired) electrons. The van der Waals surface area contributed by atoms with Crippen molar-refractivity contribution in [2.24, 2.45) is 11.8 Å². The topological polar surface area (TPSA) is 38.0 Å². The first kappa shape index (κ1) is 8.66. The van der Waals surface area contributed by atoms with Crippen LogP contribution in [0.2, 0.25) is 0 Å². The van der Waals surface area contributed by atoms with Gasteiger partial charge >= 0.3 is 0 Å². The SMILES string of the molecule is C=CC(NN)C(C)CC. The summed E-state index contributed by atoms with van der Waals surface area (Å²) >= 11 is 0. The highest BCUT2D eigenvalue weighted by atomic mass is 15.2. The average molecular weight is 128 g/mol. The molecular formula is C7H16N2. The molecule has 0 aromatic rings. The van der Waals surface area contributed by atoms with Crippen LogP contribution in [-0.2, 0) is 0 Å². The maximum absolute atomic E-state index is 5.24. The number of hydrogen-bond donors (Lipinski definition) is 2. The lowest BCUT2D eigenvalue weighted by atomic mass is 10.0. The van der Waals surface area contributed by atoms with E-state index < -0.39 is 0 Å². The van der Waals surface area contributed by atoms with Gasteiger partial charge < -0.3 is 0 Å². The van der Waals surface area contributed by atoms with Crippen molar-refractivity contribution in [3.8, 4) is 0 Å². The van der Waals surface area contributed by atoms with Crippen LogP contribution in [-0.4, -0.2) is 6.04 Å². The highest BCUT2D eigenvalue weighted by molar-refractivity contribution is 4.86. The molecule has 0 aliphatic heterocycles. The molecule has 2 heteroatoms. The largest absolute Gasteiger partial charge is 0.271 e. The summed E-state index contributed by atoms with van der Waals surface area (Å²) in [5.74, 6) is 5.81. The number of hydrogen-bond acceptors (Lipinski definition) is 2. The zero-order valence-corrected chi connectivity index (χ0v) is 6.22. The predicted octanol–water partition coefficient (Wildman–Crippen LogP) is 1.05. The molecule has 54 valence electrons. The van der Waals surface area contributed by atoms with Gasteiger partial charge in [0, 0.05) is 6.04 Å². The fourth-order valence-electron chi connectivity index (χ4n) is 0.719. The smallest absolute Gasteiger partial charge is 0.0413 e. The Morgan fingerprint density at radius 1 is 1.78 bits per heavy atom. The normalized spacial score (nSPS) is 16.8. The van der Waals surface area contributed by atoms with Gasteiger partial charge in [0.15, 0.2) is 0 Å². The molecule has 0 fully saturated rings. The third-order valence-corrected chi connectivity index (χ3v) is 1.70. The lowest BCUT2D eigenvalue weighted by Gasteiger charge is -2.17.